The van der Waals surface area contributed by atoms with Crippen molar-refractivity contribution in [1.82, 2.24) is 13.9 Å². The molecule has 0 amide bonds. The number of rotatable bonds is 5. The third-order valence-corrected chi connectivity index (χ3v) is 7.56. The number of hydrogen-bond donors (Lipinski definition) is 1. The second-order valence-electron chi connectivity index (χ2n) is 7.61. The van der Waals surface area contributed by atoms with Crippen molar-refractivity contribution in [3.8, 4) is 22.5 Å². The SMILES string of the molecule is COC(=O)c1cc(-c2ccnc3c2ccn3S(=O)(=O)c2ccccc2)[nH]c1-c1ccc(F)cc1Cl. The quantitative estimate of drug-likeness (QED) is 0.315. The molecule has 10 heteroatoms. The van der Waals surface area contributed by atoms with E-state index in [1.54, 1.807) is 36.4 Å². The van der Waals surface area contributed by atoms with Crippen molar-refractivity contribution in [2.45, 2.75) is 4.90 Å². The number of esters is 1. The molecule has 1 N–H and O–H groups in total. The van der Waals surface area contributed by atoms with Gasteiger partial charge in [-0.05, 0) is 48.5 Å². The minimum absolute atomic E-state index is 0.114. The summed E-state index contributed by atoms with van der Waals surface area (Å²) in [7, 11) is -2.62. The summed E-state index contributed by atoms with van der Waals surface area (Å²) in [6.07, 6.45) is 2.92. The highest BCUT2D eigenvalue weighted by Gasteiger charge is 2.24. The number of halogens is 2. The Kier molecular flexibility index (Phi) is 5.66. The maximum absolute atomic E-state index is 13.6. The van der Waals surface area contributed by atoms with Gasteiger partial charge in [-0.2, -0.15) is 0 Å². The molecule has 0 radical (unpaired) electrons. The topological polar surface area (TPSA) is 94.0 Å². The normalized spacial score (nSPS) is 11.6. The molecule has 5 aromatic rings. The molecule has 7 nitrogen and oxygen atoms in total. The lowest BCUT2D eigenvalue weighted by Crippen LogP contribution is -2.12. The second-order valence-corrected chi connectivity index (χ2v) is 9.84. The van der Waals surface area contributed by atoms with Crippen molar-refractivity contribution in [3.63, 3.8) is 0 Å². The molecule has 0 spiro atoms. The predicted molar refractivity (Wildman–Crippen MR) is 130 cm³/mol. The highest BCUT2D eigenvalue weighted by Crippen LogP contribution is 2.36. The molecule has 0 unspecified atom stereocenters. The summed E-state index contributed by atoms with van der Waals surface area (Å²) < 4.78 is 46.1. The Morgan fingerprint density at radius 2 is 1.83 bits per heavy atom. The van der Waals surface area contributed by atoms with E-state index in [0.29, 0.717) is 27.9 Å². The van der Waals surface area contributed by atoms with Gasteiger partial charge >= 0.3 is 5.97 Å². The molecule has 0 aliphatic carbocycles. The standard InChI is InChI=1S/C25H17ClFN3O4S/c1-34-25(31)20-14-22(29-23(20)19-8-7-15(27)13-21(19)26)17-9-11-28-24-18(17)10-12-30(24)35(32,33)16-5-3-2-4-6-16/h2-14,29H,1H3. The summed E-state index contributed by atoms with van der Waals surface area (Å²) in [6, 6.07) is 16.8. The number of hydrogen-bond acceptors (Lipinski definition) is 5. The van der Waals surface area contributed by atoms with Crippen molar-refractivity contribution in [1.29, 1.82) is 0 Å². The molecular formula is C25H17ClFN3O4S. The van der Waals surface area contributed by atoms with Gasteiger partial charge in [0.2, 0.25) is 0 Å². The first-order valence-electron chi connectivity index (χ1n) is 10.3. The van der Waals surface area contributed by atoms with Crippen LogP contribution in [-0.2, 0) is 14.8 Å². The summed E-state index contributed by atoms with van der Waals surface area (Å²) >= 11 is 6.25. The minimum atomic E-state index is -3.88. The summed E-state index contributed by atoms with van der Waals surface area (Å²) in [5.74, 6) is -1.13. The maximum atomic E-state index is 13.6. The smallest absolute Gasteiger partial charge is 0.340 e. The van der Waals surface area contributed by atoms with Crippen molar-refractivity contribution >= 4 is 38.6 Å². The van der Waals surface area contributed by atoms with Gasteiger partial charge in [0.15, 0.2) is 5.65 Å². The number of nitrogens with one attached hydrogen (secondary N) is 1. The van der Waals surface area contributed by atoms with E-state index in [9.17, 15) is 17.6 Å². The molecule has 0 atom stereocenters. The first-order chi connectivity index (χ1) is 16.8. The molecule has 0 saturated carbocycles. The summed E-state index contributed by atoms with van der Waals surface area (Å²) in [4.78, 5) is 20.1. The maximum Gasteiger partial charge on any atom is 0.340 e. The number of nitrogens with zero attached hydrogens (tertiary/aromatic N) is 2. The number of methoxy groups -OCH3 is 1. The van der Waals surface area contributed by atoms with Gasteiger partial charge in [0.05, 0.1) is 28.3 Å². The number of carbonyl (C=O) groups excluding carboxylic acids is 1. The molecule has 0 fully saturated rings. The third kappa shape index (κ3) is 3.88. The Bertz CT molecular complexity index is 1690. The average Bonchev–Trinajstić information content (AvgIpc) is 3.49. The lowest BCUT2D eigenvalue weighted by molar-refractivity contribution is 0.0602. The van der Waals surface area contributed by atoms with Crippen molar-refractivity contribution in [2.75, 3.05) is 7.11 Å². The van der Waals surface area contributed by atoms with Crippen LogP contribution in [0.2, 0.25) is 5.02 Å². The van der Waals surface area contributed by atoms with Gasteiger partial charge in [0, 0.05) is 34.6 Å². The first-order valence-corrected chi connectivity index (χ1v) is 12.2. The van der Waals surface area contributed by atoms with E-state index >= 15 is 0 Å². The second kappa shape index (κ2) is 8.68. The molecule has 176 valence electrons. The van der Waals surface area contributed by atoms with Gasteiger partial charge in [-0.1, -0.05) is 29.8 Å². The lowest BCUT2D eigenvalue weighted by Gasteiger charge is -2.08. The van der Waals surface area contributed by atoms with Gasteiger partial charge in [-0.3, -0.25) is 0 Å². The Labute approximate surface area is 204 Å². The average molecular weight is 510 g/mol. The number of carbonyl (C=O) groups is 1. The predicted octanol–water partition coefficient (Wildman–Crippen LogP) is 5.51. The molecule has 0 aliphatic rings. The first kappa shape index (κ1) is 22.8. The van der Waals surface area contributed by atoms with E-state index in [2.05, 4.69) is 9.97 Å². The number of aromatic amines is 1. The summed E-state index contributed by atoms with van der Waals surface area (Å²) in [5, 5.41) is 0.657. The van der Waals surface area contributed by atoms with Gasteiger partial charge in [0.1, 0.15) is 5.82 Å². The Hall–Kier alpha value is -3.95. The molecule has 0 bridgehead atoms. The zero-order valence-corrected chi connectivity index (χ0v) is 19.8. The van der Waals surface area contributed by atoms with E-state index in [4.69, 9.17) is 16.3 Å². The van der Waals surface area contributed by atoms with Crippen LogP contribution in [0.15, 0.2) is 84.0 Å². The minimum Gasteiger partial charge on any atom is -0.465 e. The number of fused-ring (bicyclic) bond motifs is 1. The molecule has 35 heavy (non-hydrogen) atoms. The highest BCUT2D eigenvalue weighted by atomic mass is 35.5. The molecule has 3 heterocycles. The Balaban J connectivity index is 1.69. The van der Waals surface area contributed by atoms with Crippen molar-refractivity contribution in [2.24, 2.45) is 0 Å². The monoisotopic (exact) mass is 509 g/mol. The van der Waals surface area contributed by atoms with Crippen LogP contribution in [0.4, 0.5) is 4.39 Å². The number of aromatic nitrogens is 3. The van der Waals surface area contributed by atoms with E-state index in [-0.39, 0.29) is 21.1 Å². The molecule has 2 aromatic carbocycles. The van der Waals surface area contributed by atoms with Crippen LogP contribution in [-0.4, -0.2) is 35.4 Å². The number of H-pyrrole nitrogens is 1. The number of pyridine rings is 1. The van der Waals surface area contributed by atoms with Crippen LogP contribution in [0, 0.1) is 5.82 Å². The van der Waals surface area contributed by atoms with E-state index in [1.165, 1.54) is 43.8 Å². The lowest BCUT2D eigenvalue weighted by atomic mass is 10.1. The number of ether oxygens (including phenoxy) is 1. The van der Waals surface area contributed by atoms with Gasteiger partial charge in [-0.15, -0.1) is 0 Å². The highest BCUT2D eigenvalue weighted by molar-refractivity contribution is 7.90. The van der Waals surface area contributed by atoms with Crippen LogP contribution < -0.4 is 0 Å². The van der Waals surface area contributed by atoms with Crippen molar-refractivity contribution < 1.29 is 22.3 Å². The largest absolute Gasteiger partial charge is 0.465 e. The fourth-order valence-corrected chi connectivity index (χ4v) is 5.51. The zero-order chi connectivity index (χ0) is 24.7. The van der Waals surface area contributed by atoms with Crippen LogP contribution in [0.5, 0.6) is 0 Å². The van der Waals surface area contributed by atoms with E-state index in [1.807, 2.05) is 0 Å². The fourth-order valence-electron chi connectivity index (χ4n) is 3.93. The Morgan fingerprint density at radius 1 is 1.06 bits per heavy atom. The van der Waals surface area contributed by atoms with Gasteiger partial charge < -0.3 is 9.72 Å². The van der Waals surface area contributed by atoms with E-state index < -0.39 is 21.8 Å². The van der Waals surface area contributed by atoms with Crippen LogP contribution in [0.1, 0.15) is 10.4 Å². The molecule has 0 aliphatic heterocycles. The third-order valence-electron chi connectivity index (χ3n) is 5.57. The molecule has 3 aromatic heterocycles. The van der Waals surface area contributed by atoms with Crippen LogP contribution in [0.25, 0.3) is 33.5 Å². The Morgan fingerprint density at radius 3 is 2.54 bits per heavy atom. The van der Waals surface area contributed by atoms with Gasteiger partial charge in [-0.25, -0.2) is 26.6 Å². The van der Waals surface area contributed by atoms with Crippen LogP contribution in [0.3, 0.4) is 0 Å². The van der Waals surface area contributed by atoms with E-state index in [0.717, 1.165) is 10.0 Å². The summed E-state index contributed by atoms with van der Waals surface area (Å²) in [6.45, 7) is 0. The molecular weight excluding hydrogens is 493 g/mol. The zero-order valence-electron chi connectivity index (χ0n) is 18.2. The van der Waals surface area contributed by atoms with Gasteiger partial charge in [0.25, 0.3) is 10.0 Å². The fraction of sp³-hybridized carbons (Fsp3) is 0.0400. The number of benzene rings is 2. The molecule has 0 saturated heterocycles. The molecule has 5 rings (SSSR count). The van der Waals surface area contributed by atoms with Crippen LogP contribution >= 0.6 is 11.6 Å². The summed E-state index contributed by atoms with van der Waals surface area (Å²) in [5.41, 5.74) is 2.28. The van der Waals surface area contributed by atoms with Crippen molar-refractivity contribution in [3.05, 3.63) is 95.5 Å².